The zero-order valence-corrected chi connectivity index (χ0v) is 16.9. The van der Waals surface area contributed by atoms with Crippen LogP contribution in [0, 0.1) is 3.57 Å². The number of hydrogen-bond donors (Lipinski definition) is 4. The van der Waals surface area contributed by atoms with Crippen LogP contribution in [0.5, 0.6) is 0 Å². The van der Waals surface area contributed by atoms with E-state index in [0.29, 0.717) is 27.0 Å². The number of fused-ring (bicyclic) bond motifs is 1. The molecule has 0 unspecified atom stereocenters. The third-order valence-electron chi connectivity index (χ3n) is 3.95. The van der Waals surface area contributed by atoms with Crippen LogP contribution in [0.2, 0.25) is 10.0 Å². The molecular formula is C17H14Cl2IN3O3. The molecule has 2 aromatic carbocycles. The molecule has 0 spiro atoms. The minimum Gasteiger partial charge on any atom is -0.480 e. The molecule has 0 radical (unpaired) electrons. The molecule has 0 fully saturated rings. The van der Waals surface area contributed by atoms with Crippen molar-refractivity contribution in [1.82, 2.24) is 5.32 Å². The average Bonchev–Trinajstić information content (AvgIpc) is 2.55. The molecule has 1 heterocycles. The lowest BCUT2D eigenvalue weighted by molar-refractivity contribution is -0.138. The van der Waals surface area contributed by atoms with Gasteiger partial charge in [0.2, 0.25) is 0 Å². The Morgan fingerprint density at radius 3 is 2.54 bits per heavy atom. The molecular weight excluding hydrogens is 492 g/mol. The Morgan fingerprint density at radius 1 is 1.19 bits per heavy atom. The second kappa shape index (κ2) is 7.89. The normalized spacial score (nSPS) is 18.4. The second-order valence-electron chi connectivity index (χ2n) is 5.78. The zero-order chi connectivity index (χ0) is 18.8. The summed E-state index contributed by atoms with van der Waals surface area (Å²) in [7, 11) is 0. The van der Waals surface area contributed by atoms with E-state index in [0.717, 1.165) is 3.57 Å². The Labute approximate surface area is 173 Å². The van der Waals surface area contributed by atoms with Crippen molar-refractivity contribution in [3.05, 3.63) is 55.6 Å². The van der Waals surface area contributed by atoms with Gasteiger partial charge in [-0.2, -0.15) is 0 Å². The third kappa shape index (κ3) is 4.33. The fourth-order valence-corrected chi connectivity index (χ4v) is 3.80. The van der Waals surface area contributed by atoms with Gasteiger partial charge in [0, 0.05) is 37.0 Å². The quantitative estimate of drug-likeness (QED) is 0.454. The number of anilines is 2. The summed E-state index contributed by atoms with van der Waals surface area (Å²) in [6.45, 7) is 0. The van der Waals surface area contributed by atoms with Gasteiger partial charge in [0.05, 0.1) is 6.04 Å². The summed E-state index contributed by atoms with van der Waals surface area (Å²) in [4.78, 5) is 23.8. The van der Waals surface area contributed by atoms with Gasteiger partial charge in [0.15, 0.2) is 0 Å². The third-order valence-corrected chi connectivity index (χ3v) is 5.20. The summed E-state index contributed by atoms with van der Waals surface area (Å²) < 4.78 is 1.05. The van der Waals surface area contributed by atoms with Crippen LogP contribution in [-0.2, 0) is 4.79 Å². The summed E-state index contributed by atoms with van der Waals surface area (Å²) in [6, 6.07) is 8.60. The van der Waals surface area contributed by atoms with Crippen LogP contribution in [0.4, 0.5) is 16.2 Å². The molecule has 0 aliphatic carbocycles. The van der Waals surface area contributed by atoms with Crippen molar-refractivity contribution >= 4 is 69.2 Å². The first-order valence-electron chi connectivity index (χ1n) is 7.65. The predicted octanol–water partition coefficient (Wildman–Crippen LogP) is 4.73. The van der Waals surface area contributed by atoms with Crippen molar-refractivity contribution in [3.8, 4) is 0 Å². The fourth-order valence-electron chi connectivity index (χ4n) is 2.81. The lowest BCUT2D eigenvalue weighted by atomic mass is 9.93. The van der Waals surface area contributed by atoms with Gasteiger partial charge in [-0.3, -0.25) is 0 Å². The first-order chi connectivity index (χ1) is 12.3. The van der Waals surface area contributed by atoms with E-state index in [2.05, 4.69) is 38.5 Å². The molecule has 3 rings (SSSR count). The Morgan fingerprint density at radius 2 is 1.88 bits per heavy atom. The van der Waals surface area contributed by atoms with Crippen molar-refractivity contribution in [3.63, 3.8) is 0 Å². The van der Waals surface area contributed by atoms with Gasteiger partial charge in [0.1, 0.15) is 6.04 Å². The number of carbonyl (C=O) groups is 2. The van der Waals surface area contributed by atoms with Gasteiger partial charge in [-0.1, -0.05) is 23.2 Å². The van der Waals surface area contributed by atoms with Crippen LogP contribution in [0.3, 0.4) is 0 Å². The fraction of sp³-hybridized carbons (Fsp3) is 0.176. The van der Waals surface area contributed by atoms with Crippen LogP contribution < -0.4 is 16.0 Å². The molecule has 0 aromatic heterocycles. The Hall–Kier alpha value is -1.71. The molecule has 2 amide bonds. The lowest BCUT2D eigenvalue weighted by Crippen LogP contribution is -2.42. The number of rotatable bonds is 3. The molecule has 4 N–H and O–H groups in total. The van der Waals surface area contributed by atoms with Gasteiger partial charge in [0.25, 0.3) is 0 Å². The number of halogens is 3. The SMILES string of the molecule is O=C(Nc1ccc(I)cc1)N[C@@H]1C[C@@H](C(=O)O)Nc2cc(Cl)cc(Cl)c21. The molecule has 1 aliphatic rings. The van der Waals surface area contributed by atoms with Crippen LogP contribution in [0.25, 0.3) is 0 Å². The van der Waals surface area contributed by atoms with E-state index in [9.17, 15) is 14.7 Å². The number of aliphatic carboxylic acids is 1. The van der Waals surface area contributed by atoms with Crippen molar-refractivity contribution in [2.24, 2.45) is 0 Å². The molecule has 0 saturated heterocycles. The maximum absolute atomic E-state index is 12.4. The molecule has 2 atom stereocenters. The topological polar surface area (TPSA) is 90.5 Å². The van der Waals surface area contributed by atoms with Gasteiger partial charge >= 0.3 is 12.0 Å². The van der Waals surface area contributed by atoms with Gasteiger partial charge in [-0.05, 0) is 59.0 Å². The van der Waals surface area contributed by atoms with Crippen molar-refractivity contribution in [2.75, 3.05) is 10.6 Å². The molecule has 2 aromatic rings. The highest BCUT2D eigenvalue weighted by molar-refractivity contribution is 14.1. The molecule has 9 heteroatoms. The highest BCUT2D eigenvalue weighted by Crippen LogP contribution is 2.39. The second-order valence-corrected chi connectivity index (χ2v) is 7.87. The molecule has 1 aliphatic heterocycles. The predicted molar refractivity (Wildman–Crippen MR) is 110 cm³/mol. The summed E-state index contributed by atoms with van der Waals surface area (Å²) in [5.41, 5.74) is 1.75. The van der Waals surface area contributed by atoms with E-state index in [-0.39, 0.29) is 6.42 Å². The Balaban J connectivity index is 1.83. The van der Waals surface area contributed by atoms with E-state index in [4.69, 9.17) is 23.2 Å². The number of benzene rings is 2. The minimum atomic E-state index is -1.02. The van der Waals surface area contributed by atoms with Crippen LogP contribution >= 0.6 is 45.8 Å². The summed E-state index contributed by atoms with van der Waals surface area (Å²) in [5, 5.41) is 18.5. The van der Waals surface area contributed by atoms with Gasteiger partial charge in [-0.25, -0.2) is 9.59 Å². The smallest absolute Gasteiger partial charge is 0.326 e. The standard InChI is InChI=1S/C17H14Cl2IN3O3/c18-8-5-11(19)15-12(6-8)22-14(16(24)25)7-13(15)23-17(26)21-10-3-1-9(20)2-4-10/h1-6,13-14,22H,7H2,(H,24,25)(H2,21,23,26)/t13-,14+/m1/s1. The van der Waals surface area contributed by atoms with E-state index in [1.54, 1.807) is 24.3 Å². The summed E-state index contributed by atoms with van der Waals surface area (Å²) in [5.74, 6) is -1.02. The van der Waals surface area contributed by atoms with E-state index in [1.165, 1.54) is 0 Å². The molecule has 136 valence electrons. The summed E-state index contributed by atoms with van der Waals surface area (Å²) >= 11 is 14.5. The number of amides is 2. The Kier molecular flexibility index (Phi) is 5.79. The molecule has 26 heavy (non-hydrogen) atoms. The van der Waals surface area contributed by atoms with Crippen molar-refractivity contribution in [1.29, 1.82) is 0 Å². The Bertz CT molecular complexity index is 861. The molecule has 0 bridgehead atoms. The lowest BCUT2D eigenvalue weighted by Gasteiger charge is -2.32. The number of carbonyl (C=O) groups excluding carboxylic acids is 1. The van der Waals surface area contributed by atoms with Crippen molar-refractivity contribution in [2.45, 2.75) is 18.5 Å². The largest absolute Gasteiger partial charge is 0.480 e. The zero-order valence-electron chi connectivity index (χ0n) is 13.2. The number of hydrogen-bond acceptors (Lipinski definition) is 3. The first kappa shape index (κ1) is 19.1. The van der Waals surface area contributed by atoms with Crippen LogP contribution in [0.15, 0.2) is 36.4 Å². The summed E-state index contributed by atoms with van der Waals surface area (Å²) in [6.07, 6.45) is 0.157. The van der Waals surface area contributed by atoms with Crippen LogP contribution in [-0.4, -0.2) is 23.1 Å². The maximum Gasteiger partial charge on any atom is 0.326 e. The molecule has 6 nitrogen and oxygen atoms in total. The molecule has 0 saturated carbocycles. The number of carboxylic acids is 1. The van der Waals surface area contributed by atoms with E-state index in [1.807, 2.05) is 12.1 Å². The van der Waals surface area contributed by atoms with Gasteiger partial charge in [-0.15, -0.1) is 0 Å². The monoisotopic (exact) mass is 505 g/mol. The van der Waals surface area contributed by atoms with E-state index < -0.39 is 24.1 Å². The van der Waals surface area contributed by atoms with Gasteiger partial charge < -0.3 is 21.1 Å². The highest BCUT2D eigenvalue weighted by atomic mass is 127. The maximum atomic E-state index is 12.4. The highest BCUT2D eigenvalue weighted by Gasteiger charge is 2.33. The average molecular weight is 506 g/mol. The van der Waals surface area contributed by atoms with E-state index >= 15 is 0 Å². The van der Waals surface area contributed by atoms with Crippen LogP contribution in [0.1, 0.15) is 18.0 Å². The number of carboxylic acid groups (broad SMARTS) is 1. The van der Waals surface area contributed by atoms with Crippen molar-refractivity contribution < 1.29 is 14.7 Å². The first-order valence-corrected chi connectivity index (χ1v) is 9.48. The number of nitrogens with one attached hydrogen (secondary N) is 3. The number of urea groups is 1. The minimum absolute atomic E-state index is 0.157.